The second-order valence-electron chi connectivity index (χ2n) is 6.09. The first-order chi connectivity index (χ1) is 9.78. The number of carboxylic acids is 1. The summed E-state index contributed by atoms with van der Waals surface area (Å²) in [6.45, 7) is 6.17. The first-order valence-electron chi connectivity index (χ1n) is 6.50. The standard InChI is InChI=1S/C13H17ClN4O3/c1-13(2,3)6-8(12(19)20)7-18-11(15-16-17-18)9-4-5-21-10(9)14/h4-5,8H,6-7H2,1-3H3,(H,19,20). The zero-order valence-electron chi connectivity index (χ0n) is 12.1. The van der Waals surface area contributed by atoms with Crippen molar-refractivity contribution in [2.75, 3.05) is 0 Å². The van der Waals surface area contributed by atoms with E-state index in [4.69, 9.17) is 16.0 Å². The molecule has 114 valence electrons. The molecule has 0 aliphatic carbocycles. The monoisotopic (exact) mass is 312 g/mol. The largest absolute Gasteiger partial charge is 0.481 e. The van der Waals surface area contributed by atoms with Crippen LogP contribution in [0.25, 0.3) is 11.4 Å². The molecule has 0 aliphatic heterocycles. The van der Waals surface area contributed by atoms with Gasteiger partial charge in [0.05, 0.1) is 24.3 Å². The van der Waals surface area contributed by atoms with Crippen molar-refractivity contribution in [1.82, 2.24) is 20.2 Å². The molecule has 0 fully saturated rings. The SMILES string of the molecule is CC(C)(C)CC(Cn1nnnc1-c1ccoc1Cl)C(=O)O. The van der Waals surface area contributed by atoms with E-state index in [0.29, 0.717) is 17.8 Å². The fourth-order valence-corrected chi connectivity index (χ4v) is 2.35. The Morgan fingerprint density at radius 1 is 1.52 bits per heavy atom. The lowest BCUT2D eigenvalue weighted by Crippen LogP contribution is -2.26. The molecule has 2 aromatic rings. The van der Waals surface area contributed by atoms with Crippen molar-refractivity contribution < 1.29 is 14.3 Å². The summed E-state index contributed by atoms with van der Waals surface area (Å²) >= 11 is 5.92. The van der Waals surface area contributed by atoms with E-state index < -0.39 is 11.9 Å². The normalized spacial score (nSPS) is 13.3. The Labute approximate surface area is 126 Å². The first kappa shape index (κ1) is 15.5. The van der Waals surface area contributed by atoms with Gasteiger partial charge in [0, 0.05) is 0 Å². The van der Waals surface area contributed by atoms with E-state index >= 15 is 0 Å². The highest BCUT2D eigenvalue weighted by Crippen LogP contribution is 2.29. The zero-order chi connectivity index (χ0) is 15.6. The molecule has 2 rings (SSSR count). The third kappa shape index (κ3) is 3.81. The van der Waals surface area contributed by atoms with E-state index in [1.54, 1.807) is 6.07 Å². The van der Waals surface area contributed by atoms with Gasteiger partial charge >= 0.3 is 5.97 Å². The molecule has 1 N–H and O–H groups in total. The molecule has 0 aromatic carbocycles. The van der Waals surface area contributed by atoms with E-state index in [1.165, 1.54) is 10.9 Å². The van der Waals surface area contributed by atoms with Crippen molar-refractivity contribution in [3.05, 3.63) is 17.5 Å². The van der Waals surface area contributed by atoms with Gasteiger partial charge in [-0.15, -0.1) is 5.10 Å². The van der Waals surface area contributed by atoms with Gasteiger partial charge in [-0.1, -0.05) is 20.8 Å². The van der Waals surface area contributed by atoms with Crippen LogP contribution in [0.3, 0.4) is 0 Å². The van der Waals surface area contributed by atoms with Gasteiger partial charge in [-0.05, 0) is 39.9 Å². The van der Waals surface area contributed by atoms with Gasteiger partial charge in [0.15, 0.2) is 5.82 Å². The molecule has 0 aliphatic rings. The van der Waals surface area contributed by atoms with E-state index in [0.717, 1.165) is 0 Å². The lowest BCUT2D eigenvalue weighted by Gasteiger charge is -2.23. The van der Waals surface area contributed by atoms with Crippen LogP contribution in [0.1, 0.15) is 27.2 Å². The number of aromatic nitrogens is 4. The maximum atomic E-state index is 11.4. The molecule has 2 aromatic heterocycles. The highest BCUT2D eigenvalue weighted by atomic mass is 35.5. The smallest absolute Gasteiger partial charge is 0.308 e. The highest BCUT2D eigenvalue weighted by molar-refractivity contribution is 6.31. The summed E-state index contributed by atoms with van der Waals surface area (Å²) in [5.41, 5.74) is 0.436. The van der Waals surface area contributed by atoms with Crippen molar-refractivity contribution >= 4 is 17.6 Å². The van der Waals surface area contributed by atoms with Crippen LogP contribution in [-0.4, -0.2) is 31.3 Å². The Morgan fingerprint density at radius 3 is 2.76 bits per heavy atom. The maximum Gasteiger partial charge on any atom is 0.308 e. The fourth-order valence-electron chi connectivity index (χ4n) is 2.15. The van der Waals surface area contributed by atoms with Crippen molar-refractivity contribution in [3.63, 3.8) is 0 Å². The van der Waals surface area contributed by atoms with E-state index in [9.17, 15) is 9.90 Å². The van der Waals surface area contributed by atoms with E-state index in [2.05, 4.69) is 15.5 Å². The molecule has 7 nitrogen and oxygen atoms in total. The van der Waals surface area contributed by atoms with E-state index in [1.807, 2.05) is 20.8 Å². The van der Waals surface area contributed by atoms with Crippen LogP contribution < -0.4 is 0 Å². The molecule has 0 amide bonds. The molecule has 0 saturated carbocycles. The topological polar surface area (TPSA) is 94.0 Å². The number of aliphatic carboxylic acids is 1. The average molecular weight is 313 g/mol. The molecule has 1 atom stereocenters. The van der Waals surface area contributed by atoms with Crippen LogP contribution in [0, 0.1) is 11.3 Å². The molecule has 0 spiro atoms. The van der Waals surface area contributed by atoms with Gasteiger partial charge in [0.2, 0.25) is 5.22 Å². The second kappa shape index (κ2) is 5.85. The molecule has 2 heterocycles. The molecule has 1 unspecified atom stereocenters. The summed E-state index contributed by atoms with van der Waals surface area (Å²) in [6, 6.07) is 1.64. The fraction of sp³-hybridized carbons (Fsp3) is 0.538. The Kier molecular flexibility index (Phi) is 4.32. The number of carbonyl (C=O) groups is 1. The van der Waals surface area contributed by atoms with Gasteiger partial charge < -0.3 is 9.52 Å². The van der Waals surface area contributed by atoms with Gasteiger partial charge in [-0.3, -0.25) is 4.79 Å². The van der Waals surface area contributed by atoms with E-state index in [-0.39, 0.29) is 17.2 Å². The molecule has 0 saturated heterocycles. The number of tetrazole rings is 1. The van der Waals surface area contributed by atoms with Crippen molar-refractivity contribution in [3.8, 4) is 11.4 Å². The minimum atomic E-state index is -0.871. The number of nitrogens with zero attached hydrogens (tertiary/aromatic N) is 4. The highest BCUT2D eigenvalue weighted by Gasteiger charge is 2.27. The van der Waals surface area contributed by atoms with Crippen LogP contribution in [0.2, 0.25) is 5.22 Å². The summed E-state index contributed by atoms with van der Waals surface area (Å²) in [5, 5.41) is 20.9. The van der Waals surface area contributed by atoms with Crippen LogP contribution in [0.5, 0.6) is 0 Å². The Balaban J connectivity index is 2.25. The predicted octanol–water partition coefficient (Wildman–Crippen LogP) is 2.72. The zero-order valence-corrected chi connectivity index (χ0v) is 12.8. The number of furan rings is 1. The predicted molar refractivity (Wildman–Crippen MR) is 75.7 cm³/mol. The first-order valence-corrected chi connectivity index (χ1v) is 6.88. The second-order valence-corrected chi connectivity index (χ2v) is 6.44. The molecule has 21 heavy (non-hydrogen) atoms. The van der Waals surface area contributed by atoms with Crippen molar-refractivity contribution in [1.29, 1.82) is 0 Å². The van der Waals surface area contributed by atoms with Gasteiger partial charge in [0.1, 0.15) is 0 Å². The third-order valence-electron chi connectivity index (χ3n) is 2.99. The number of carboxylic acid groups (broad SMARTS) is 1. The lowest BCUT2D eigenvalue weighted by molar-refractivity contribution is -0.143. The number of hydrogen-bond donors (Lipinski definition) is 1. The minimum Gasteiger partial charge on any atom is -0.481 e. The minimum absolute atomic E-state index is 0.107. The van der Waals surface area contributed by atoms with Crippen molar-refractivity contribution in [2.24, 2.45) is 11.3 Å². The molecular weight excluding hydrogens is 296 g/mol. The molecular formula is C13H17ClN4O3. The Bertz CT molecular complexity index is 629. The number of halogens is 1. The van der Waals surface area contributed by atoms with Crippen LogP contribution >= 0.6 is 11.6 Å². The summed E-state index contributed by atoms with van der Waals surface area (Å²) in [6.07, 6.45) is 1.95. The molecule has 0 radical (unpaired) electrons. The Hall–Kier alpha value is -1.89. The van der Waals surface area contributed by atoms with Gasteiger partial charge in [-0.2, -0.15) is 0 Å². The Morgan fingerprint density at radius 2 is 2.24 bits per heavy atom. The summed E-state index contributed by atoms with van der Waals surface area (Å²) in [4.78, 5) is 11.4. The maximum absolute atomic E-state index is 11.4. The van der Waals surface area contributed by atoms with Crippen LogP contribution in [-0.2, 0) is 11.3 Å². The molecule has 0 bridgehead atoms. The van der Waals surface area contributed by atoms with Crippen molar-refractivity contribution in [2.45, 2.75) is 33.7 Å². The third-order valence-corrected chi connectivity index (χ3v) is 3.28. The summed E-state index contributed by atoms with van der Waals surface area (Å²) in [7, 11) is 0. The van der Waals surface area contributed by atoms with Gasteiger partial charge in [-0.25, -0.2) is 4.68 Å². The summed E-state index contributed by atoms with van der Waals surface area (Å²) in [5.74, 6) is -1.06. The molecule has 8 heteroatoms. The number of rotatable bonds is 5. The van der Waals surface area contributed by atoms with Gasteiger partial charge in [0.25, 0.3) is 0 Å². The van der Waals surface area contributed by atoms with Crippen LogP contribution in [0.4, 0.5) is 0 Å². The lowest BCUT2D eigenvalue weighted by atomic mass is 9.84. The summed E-state index contributed by atoms with van der Waals surface area (Å²) < 4.78 is 6.46. The number of hydrogen-bond acceptors (Lipinski definition) is 5. The van der Waals surface area contributed by atoms with Crippen LogP contribution in [0.15, 0.2) is 16.7 Å². The average Bonchev–Trinajstić information content (AvgIpc) is 2.95. The quantitative estimate of drug-likeness (QED) is 0.912.